The van der Waals surface area contributed by atoms with Crippen LogP contribution < -0.4 is 10.1 Å². The van der Waals surface area contributed by atoms with Gasteiger partial charge in [0.05, 0.1) is 0 Å². The Morgan fingerprint density at radius 2 is 1.96 bits per heavy atom. The average Bonchev–Trinajstić information content (AvgIpc) is 2.98. The number of hydrogen-bond donors (Lipinski definition) is 1. The molecule has 6 rings (SSSR count). The molecular weight excluding hydrogens is 298 g/mol. The van der Waals surface area contributed by atoms with E-state index in [-0.39, 0.29) is 5.60 Å². The molecule has 4 heteroatoms. The van der Waals surface area contributed by atoms with Crippen LogP contribution in [0.15, 0.2) is 42.5 Å². The van der Waals surface area contributed by atoms with Crippen LogP contribution in [0.3, 0.4) is 0 Å². The smallest absolute Gasteiger partial charge is 0.219 e. The lowest BCUT2D eigenvalue weighted by Gasteiger charge is -2.50. The first-order chi connectivity index (χ1) is 11.8. The number of anilines is 1. The highest BCUT2D eigenvalue weighted by Crippen LogP contribution is 2.46. The second-order valence-corrected chi connectivity index (χ2v) is 7.39. The summed E-state index contributed by atoms with van der Waals surface area (Å²) < 4.78 is 6.47. The summed E-state index contributed by atoms with van der Waals surface area (Å²) in [4.78, 5) is 7.31. The Hall–Kier alpha value is -2.07. The number of fused-ring (bicyclic) bond motifs is 3. The largest absolute Gasteiger partial charge is 0.469 e. The van der Waals surface area contributed by atoms with Crippen molar-refractivity contribution in [3.8, 4) is 5.88 Å². The van der Waals surface area contributed by atoms with Crippen molar-refractivity contribution in [3.63, 3.8) is 0 Å². The summed E-state index contributed by atoms with van der Waals surface area (Å²) in [6.07, 6.45) is 3.57. The van der Waals surface area contributed by atoms with E-state index in [0.29, 0.717) is 5.92 Å². The van der Waals surface area contributed by atoms with E-state index in [1.165, 1.54) is 37.1 Å². The van der Waals surface area contributed by atoms with Crippen molar-refractivity contribution >= 4 is 5.82 Å². The van der Waals surface area contributed by atoms with Crippen molar-refractivity contribution in [1.82, 2.24) is 9.88 Å². The van der Waals surface area contributed by atoms with E-state index < -0.39 is 0 Å². The van der Waals surface area contributed by atoms with Gasteiger partial charge in [0.25, 0.3) is 0 Å². The lowest BCUT2D eigenvalue weighted by atomic mass is 9.73. The molecule has 4 aliphatic rings. The first-order valence-electron chi connectivity index (χ1n) is 9.00. The van der Waals surface area contributed by atoms with Gasteiger partial charge in [-0.3, -0.25) is 4.90 Å². The molecule has 0 unspecified atom stereocenters. The van der Waals surface area contributed by atoms with Gasteiger partial charge < -0.3 is 10.1 Å². The molecule has 24 heavy (non-hydrogen) atoms. The van der Waals surface area contributed by atoms with Crippen LogP contribution in [0.4, 0.5) is 5.82 Å². The molecule has 4 aliphatic heterocycles. The third-order valence-corrected chi connectivity index (χ3v) is 5.87. The van der Waals surface area contributed by atoms with E-state index in [2.05, 4.69) is 46.6 Å². The third kappa shape index (κ3) is 2.37. The Balaban J connectivity index is 1.33. The van der Waals surface area contributed by atoms with E-state index >= 15 is 0 Å². The maximum Gasteiger partial charge on any atom is 0.219 e. The predicted molar refractivity (Wildman–Crippen MR) is 94.2 cm³/mol. The van der Waals surface area contributed by atoms with Crippen LogP contribution in [0.25, 0.3) is 0 Å². The molecule has 1 atom stereocenters. The Morgan fingerprint density at radius 3 is 2.71 bits per heavy atom. The highest BCUT2D eigenvalue weighted by atomic mass is 16.5. The minimum Gasteiger partial charge on any atom is -0.469 e. The Kier molecular flexibility index (Phi) is 3.27. The highest BCUT2D eigenvalue weighted by Gasteiger charge is 2.52. The second kappa shape index (κ2) is 5.49. The fourth-order valence-corrected chi connectivity index (χ4v) is 4.57. The third-order valence-electron chi connectivity index (χ3n) is 5.87. The van der Waals surface area contributed by atoms with Gasteiger partial charge >= 0.3 is 0 Å². The van der Waals surface area contributed by atoms with Crippen LogP contribution in [0.2, 0.25) is 0 Å². The van der Waals surface area contributed by atoms with Gasteiger partial charge in [0.1, 0.15) is 11.4 Å². The standard InChI is InChI=1S/C20H23N3O/c1-2-4-15(5-3-1)13-21-18-7-6-16-12-20(24-19(16)22-18)14-23-10-8-17(20)9-11-23/h1-7,17H,8-14H2,(H,21,22)/t20-/m0/s1. The molecule has 0 radical (unpaired) electrons. The molecule has 2 aromatic rings. The number of aromatic nitrogens is 1. The summed E-state index contributed by atoms with van der Waals surface area (Å²) >= 11 is 0. The Morgan fingerprint density at radius 1 is 1.12 bits per heavy atom. The highest BCUT2D eigenvalue weighted by molar-refractivity contribution is 5.45. The molecular formula is C20H23N3O. The zero-order valence-electron chi connectivity index (χ0n) is 13.9. The van der Waals surface area contributed by atoms with Gasteiger partial charge in [0.15, 0.2) is 0 Å². The zero-order chi connectivity index (χ0) is 16.0. The second-order valence-electron chi connectivity index (χ2n) is 7.39. The molecule has 1 N–H and O–H groups in total. The number of nitrogens with zero attached hydrogens (tertiary/aromatic N) is 2. The van der Waals surface area contributed by atoms with Crippen molar-refractivity contribution in [2.45, 2.75) is 31.4 Å². The molecule has 3 saturated heterocycles. The van der Waals surface area contributed by atoms with Crippen LogP contribution in [-0.4, -0.2) is 35.1 Å². The van der Waals surface area contributed by atoms with Gasteiger partial charge in [-0.15, -0.1) is 0 Å². The first kappa shape index (κ1) is 14.3. The lowest BCUT2D eigenvalue weighted by Crippen LogP contribution is -2.61. The van der Waals surface area contributed by atoms with E-state index in [0.717, 1.165) is 31.2 Å². The number of benzene rings is 1. The van der Waals surface area contributed by atoms with Crippen LogP contribution in [-0.2, 0) is 13.0 Å². The number of pyridine rings is 1. The van der Waals surface area contributed by atoms with Gasteiger partial charge in [0, 0.05) is 31.0 Å². The minimum atomic E-state index is -0.0100. The maximum atomic E-state index is 6.47. The SMILES string of the molecule is c1ccc(CNc2ccc3c(n2)O[C@@]2(C3)CN3CCC2CC3)cc1. The lowest BCUT2D eigenvalue weighted by molar-refractivity contribution is -0.0813. The Bertz CT molecular complexity index is 740. The monoisotopic (exact) mass is 321 g/mol. The van der Waals surface area contributed by atoms with Gasteiger partial charge in [-0.2, -0.15) is 4.98 Å². The number of rotatable bonds is 3. The molecule has 3 fully saturated rings. The van der Waals surface area contributed by atoms with E-state index in [1.54, 1.807) is 0 Å². The van der Waals surface area contributed by atoms with Crippen LogP contribution in [0.1, 0.15) is 24.0 Å². The van der Waals surface area contributed by atoms with Crippen LogP contribution >= 0.6 is 0 Å². The minimum absolute atomic E-state index is 0.0100. The molecule has 0 amide bonds. The van der Waals surface area contributed by atoms with Crippen molar-refractivity contribution in [1.29, 1.82) is 0 Å². The quantitative estimate of drug-likeness (QED) is 0.943. The summed E-state index contributed by atoms with van der Waals surface area (Å²) in [5.41, 5.74) is 2.52. The zero-order valence-corrected chi connectivity index (χ0v) is 13.9. The fourth-order valence-electron chi connectivity index (χ4n) is 4.57. The summed E-state index contributed by atoms with van der Waals surface area (Å²) in [7, 11) is 0. The predicted octanol–water partition coefficient (Wildman–Crippen LogP) is 3.09. The van der Waals surface area contributed by atoms with Crippen molar-refractivity contribution < 1.29 is 4.74 Å². The van der Waals surface area contributed by atoms with Gasteiger partial charge in [-0.05, 0) is 43.6 Å². The molecule has 1 aromatic heterocycles. The summed E-state index contributed by atoms with van der Waals surface area (Å²) in [5, 5.41) is 3.41. The summed E-state index contributed by atoms with van der Waals surface area (Å²) in [6, 6.07) is 14.7. The molecule has 4 nitrogen and oxygen atoms in total. The molecule has 5 heterocycles. The van der Waals surface area contributed by atoms with Gasteiger partial charge in [-0.1, -0.05) is 30.3 Å². The normalized spacial score (nSPS) is 30.2. The van der Waals surface area contributed by atoms with Crippen molar-refractivity contribution in [2.24, 2.45) is 5.92 Å². The van der Waals surface area contributed by atoms with E-state index in [9.17, 15) is 0 Å². The molecule has 1 spiro atoms. The maximum absolute atomic E-state index is 6.47. The molecule has 2 bridgehead atoms. The molecule has 0 aliphatic carbocycles. The van der Waals surface area contributed by atoms with Crippen molar-refractivity contribution in [2.75, 3.05) is 25.0 Å². The molecule has 124 valence electrons. The van der Waals surface area contributed by atoms with Crippen molar-refractivity contribution in [3.05, 3.63) is 53.6 Å². The summed E-state index contributed by atoms with van der Waals surface area (Å²) in [6.45, 7) is 4.34. The van der Waals surface area contributed by atoms with E-state index in [1.807, 2.05) is 6.07 Å². The average molecular weight is 321 g/mol. The molecule has 0 saturated carbocycles. The van der Waals surface area contributed by atoms with Crippen LogP contribution in [0, 0.1) is 5.92 Å². The Labute approximate surface area is 142 Å². The first-order valence-corrected chi connectivity index (χ1v) is 9.00. The van der Waals surface area contributed by atoms with Gasteiger partial charge in [-0.25, -0.2) is 0 Å². The number of nitrogens with one attached hydrogen (secondary N) is 1. The topological polar surface area (TPSA) is 37.4 Å². The number of ether oxygens (including phenoxy) is 1. The van der Waals surface area contributed by atoms with Gasteiger partial charge in [0.2, 0.25) is 5.88 Å². The number of hydrogen-bond acceptors (Lipinski definition) is 4. The summed E-state index contributed by atoms with van der Waals surface area (Å²) in [5.74, 6) is 2.44. The van der Waals surface area contributed by atoms with E-state index in [4.69, 9.17) is 9.72 Å². The number of piperidine rings is 3. The van der Waals surface area contributed by atoms with Crippen LogP contribution in [0.5, 0.6) is 5.88 Å². The fraction of sp³-hybridized carbons (Fsp3) is 0.450. The molecule has 1 aromatic carbocycles.